The number of aromatic nitrogens is 2. The molecule has 9 heteroatoms. The lowest BCUT2D eigenvalue weighted by molar-refractivity contribution is 0.122. The maximum Gasteiger partial charge on any atom is 0.315 e. The Morgan fingerprint density at radius 1 is 1.19 bits per heavy atom. The van der Waals surface area contributed by atoms with Crippen molar-refractivity contribution in [2.45, 2.75) is 32.4 Å². The first-order chi connectivity index (χ1) is 15.6. The molecule has 2 aliphatic rings. The molecule has 2 aromatic rings. The van der Waals surface area contributed by atoms with Gasteiger partial charge in [-0.25, -0.2) is 9.78 Å². The lowest BCUT2D eigenvalue weighted by Crippen LogP contribution is -2.37. The van der Waals surface area contributed by atoms with Gasteiger partial charge < -0.3 is 29.9 Å². The Morgan fingerprint density at radius 2 is 1.97 bits per heavy atom. The molecule has 0 aliphatic carbocycles. The van der Waals surface area contributed by atoms with Crippen LogP contribution in [0, 0.1) is 0 Å². The minimum atomic E-state index is -0.159. The number of rotatable bonds is 7. The summed E-state index contributed by atoms with van der Waals surface area (Å²) in [6.45, 7) is 9.23. The minimum Gasteiger partial charge on any atom is -0.489 e. The SMILES string of the molecule is CCNC(=O)N[C@@H](C)c1ccc(OC2CCN(c3ccnc(N4CCOCC4)n3)C2)cc1. The molecular formula is C23H32N6O3. The Balaban J connectivity index is 1.31. The highest BCUT2D eigenvalue weighted by molar-refractivity contribution is 5.74. The third-order valence-corrected chi connectivity index (χ3v) is 5.76. The second kappa shape index (κ2) is 10.5. The zero-order valence-corrected chi connectivity index (χ0v) is 18.8. The van der Waals surface area contributed by atoms with Gasteiger partial charge in [0.1, 0.15) is 17.7 Å². The topological polar surface area (TPSA) is 91.9 Å². The number of carbonyl (C=O) groups is 1. The molecule has 0 saturated carbocycles. The normalized spacial score (nSPS) is 19.5. The van der Waals surface area contributed by atoms with Crippen LogP contribution in [0.4, 0.5) is 16.6 Å². The van der Waals surface area contributed by atoms with Gasteiger partial charge in [-0.15, -0.1) is 0 Å². The fraction of sp³-hybridized carbons (Fsp3) is 0.522. The second-order valence-electron chi connectivity index (χ2n) is 8.08. The van der Waals surface area contributed by atoms with E-state index >= 15 is 0 Å². The molecule has 2 N–H and O–H groups in total. The Kier molecular flexibility index (Phi) is 7.26. The number of ether oxygens (including phenoxy) is 2. The van der Waals surface area contributed by atoms with Crippen molar-refractivity contribution in [1.29, 1.82) is 0 Å². The zero-order chi connectivity index (χ0) is 22.3. The number of hydrogen-bond acceptors (Lipinski definition) is 7. The van der Waals surface area contributed by atoms with Gasteiger partial charge >= 0.3 is 6.03 Å². The molecule has 0 spiro atoms. The molecule has 9 nitrogen and oxygen atoms in total. The summed E-state index contributed by atoms with van der Waals surface area (Å²) in [4.78, 5) is 25.4. The summed E-state index contributed by atoms with van der Waals surface area (Å²) >= 11 is 0. The first kappa shape index (κ1) is 22.1. The smallest absolute Gasteiger partial charge is 0.315 e. The number of nitrogens with zero attached hydrogens (tertiary/aromatic N) is 4. The van der Waals surface area contributed by atoms with Gasteiger partial charge in [-0.3, -0.25) is 0 Å². The van der Waals surface area contributed by atoms with Gasteiger partial charge in [0.05, 0.1) is 25.8 Å². The first-order valence-electron chi connectivity index (χ1n) is 11.3. The van der Waals surface area contributed by atoms with Gasteiger partial charge in [0, 0.05) is 38.8 Å². The number of anilines is 2. The van der Waals surface area contributed by atoms with Crippen molar-refractivity contribution in [3.05, 3.63) is 42.1 Å². The summed E-state index contributed by atoms with van der Waals surface area (Å²) in [6, 6.07) is 9.66. The predicted octanol–water partition coefficient (Wildman–Crippen LogP) is 2.35. The fourth-order valence-corrected chi connectivity index (χ4v) is 3.98. The average molecular weight is 441 g/mol. The fourth-order valence-electron chi connectivity index (χ4n) is 3.98. The second-order valence-corrected chi connectivity index (χ2v) is 8.08. The molecule has 2 atom stereocenters. The lowest BCUT2D eigenvalue weighted by atomic mass is 10.1. The van der Waals surface area contributed by atoms with Crippen molar-refractivity contribution in [1.82, 2.24) is 20.6 Å². The van der Waals surface area contributed by atoms with Crippen LogP contribution in [0.3, 0.4) is 0 Å². The summed E-state index contributed by atoms with van der Waals surface area (Å²) < 4.78 is 11.6. The van der Waals surface area contributed by atoms with Crippen LogP contribution in [-0.2, 0) is 4.74 Å². The van der Waals surface area contributed by atoms with Crippen molar-refractivity contribution < 1.29 is 14.3 Å². The maximum absolute atomic E-state index is 11.7. The lowest BCUT2D eigenvalue weighted by Gasteiger charge is -2.27. The molecule has 3 heterocycles. The highest BCUT2D eigenvalue weighted by atomic mass is 16.5. The Hall–Kier alpha value is -3.07. The van der Waals surface area contributed by atoms with Crippen molar-refractivity contribution in [3.63, 3.8) is 0 Å². The highest BCUT2D eigenvalue weighted by Gasteiger charge is 2.26. The van der Waals surface area contributed by atoms with Crippen LogP contribution in [0.2, 0.25) is 0 Å². The third-order valence-electron chi connectivity index (χ3n) is 5.76. The van der Waals surface area contributed by atoms with Gasteiger partial charge in [-0.05, 0) is 37.6 Å². The Labute approximate surface area is 189 Å². The van der Waals surface area contributed by atoms with Crippen LogP contribution in [0.15, 0.2) is 36.5 Å². The Bertz CT molecular complexity index is 888. The van der Waals surface area contributed by atoms with E-state index < -0.39 is 0 Å². The summed E-state index contributed by atoms with van der Waals surface area (Å²) in [7, 11) is 0. The number of morpholine rings is 1. The number of amides is 2. The molecule has 0 radical (unpaired) electrons. The van der Waals surface area contributed by atoms with Crippen LogP contribution >= 0.6 is 0 Å². The van der Waals surface area contributed by atoms with Crippen LogP contribution < -0.4 is 25.2 Å². The van der Waals surface area contributed by atoms with Gasteiger partial charge in [0.2, 0.25) is 5.95 Å². The quantitative estimate of drug-likeness (QED) is 0.683. The molecule has 1 unspecified atom stereocenters. The Morgan fingerprint density at radius 3 is 2.72 bits per heavy atom. The molecule has 2 aliphatic heterocycles. The van der Waals surface area contributed by atoms with Crippen molar-refractivity contribution >= 4 is 17.8 Å². The number of hydrogen-bond donors (Lipinski definition) is 2. The van der Waals surface area contributed by atoms with E-state index in [2.05, 4.69) is 25.4 Å². The van der Waals surface area contributed by atoms with Gasteiger partial charge in [0.25, 0.3) is 0 Å². The highest BCUT2D eigenvalue weighted by Crippen LogP contribution is 2.25. The molecule has 2 saturated heterocycles. The molecule has 2 amide bonds. The van der Waals surface area contributed by atoms with E-state index in [0.717, 1.165) is 55.7 Å². The van der Waals surface area contributed by atoms with E-state index in [-0.39, 0.29) is 18.2 Å². The van der Waals surface area contributed by atoms with E-state index in [1.54, 1.807) is 0 Å². The largest absolute Gasteiger partial charge is 0.489 e. The van der Waals surface area contributed by atoms with Gasteiger partial charge in [0.15, 0.2) is 0 Å². The minimum absolute atomic E-state index is 0.0731. The van der Waals surface area contributed by atoms with E-state index in [9.17, 15) is 4.79 Å². The maximum atomic E-state index is 11.7. The third kappa shape index (κ3) is 5.59. The van der Waals surface area contributed by atoms with E-state index in [0.29, 0.717) is 19.8 Å². The van der Waals surface area contributed by atoms with E-state index in [4.69, 9.17) is 14.5 Å². The molecule has 2 fully saturated rings. The predicted molar refractivity (Wildman–Crippen MR) is 123 cm³/mol. The van der Waals surface area contributed by atoms with Crippen LogP contribution in [0.25, 0.3) is 0 Å². The van der Waals surface area contributed by atoms with Crippen LogP contribution in [0.5, 0.6) is 5.75 Å². The summed E-state index contributed by atoms with van der Waals surface area (Å²) in [5.74, 6) is 2.54. The standard InChI is InChI=1S/C23H32N6O3/c1-3-24-23(30)26-17(2)18-4-6-19(7-5-18)32-20-9-11-29(16-20)21-8-10-25-22(27-21)28-12-14-31-15-13-28/h4-8,10,17,20H,3,9,11-16H2,1-2H3,(H2,24,26,30)/t17-,20?/m0/s1. The van der Waals surface area contributed by atoms with E-state index in [1.165, 1.54) is 0 Å². The number of carbonyl (C=O) groups excluding carboxylic acids is 1. The van der Waals surface area contributed by atoms with Crippen LogP contribution in [-0.4, -0.2) is 68.0 Å². The summed E-state index contributed by atoms with van der Waals surface area (Å²) in [6.07, 6.45) is 2.87. The summed E-state index contributed by atoms with van der Waals surface area (Å²) in [5.41, 5.74) is 1.04. The van der Waals surface area contributed by atoms with Crippen molar-refractivity contribution in [2.75, 3.05) is 55.7 Å². The monoisotopic (exact) mass is 440 g/mol. The molecular weight excluding hydrogens is 408 g/mol. The molecule has 1 aromatic heterocycles. The molecule has 4 rings (SSSR count). The molecule has 0 bridgehead atoms. The first-order valence-corrected chi connectivity index (χ1v) is 11.3. The number of benzene rings is 1. The number of nitrogens with one attached hydrogen (secondary N) is 2. The average Bonchev–Trinajstić information content (AvgIpc) is 3.29. The molecule has 1 aromatic carbocycles. The summed E-state index contributed by atoms with van der Waals surface area (Å²) in [5, 5.41) is 5.67. The van der Waals surface area contributed by atoms with E-state index in [1.807, 2.05) is 50.4 Å². The van der Waals surface area contributed by atoms with Crippen molar-refractivity contribution in [2.24, 2.45) is 0 Å². The zero-order valence-electron chi connectivity index (χ0n) is 18.8. The van der Waals surface area contributed by atoms with Crippen LogP contribution in [0.1, 0.15) is 31.9 Å². The van der Waals surface area contributed by atoms with Crippen molar-refractivity contribution in [3.8, 4) is 5.75 Å². The van der Waals surface area contributed by atoms with Gasteiger partial charge in [-0.2, -0.15) is 4.98 Å². The number of urea groups is 1. The molecule has 32 heavy (non-hydrogen) atoms. The molecule has 172 valence electrons. The van der Waals surface area contributed by atoms with Gasteiger partial charge in [-0.1, -0.05) is 12.1 Å².